The van der Waals surface area contributed by atoms with Crippen LogP contribution < -0.4 is 10.0 Å². The van der Waals surface area contributed by atoms with Crippen LogP contribution in [0.2, 0.25) is 5.02 Å². The minimum Gasteiger partial charge on any atom is -0.324 e. The number of Topliss-reactive ketones (excluding diaryl/α,β-unsaturated/α-hetero) is 1. The SMILES string of the molecule is CC(=O)[C@@H](N=Nc1ccc(S(=O)(=O)Nc2nccs2)cc1)C(=O)Nc1ccc(Cl)cc1. The van der Waals surface area contributed by atoms with E-state index in [1.54, 1.807) is 29.6 Å². The molecule has 1 amide bonds. The van der Waals surface area contributed by atoms with Crippen molar-refractivity contribution in [2.45, 2.75) is 17.9 Å². The fraction of sp³-hybridized carbons (Fsp3) is 0.105. The second kappa shape index (κ2) is 9.77. The van der Waals surface area contributed by atoms with E-state index in [-0.39, 0.29) is 15.7 Å². The molecule has 3 aromatic rings. The molecule has 2 N–H and O–H groups in total. The van der Waals surface area contributed by atoms with E-state index < -0.39 is 27.8 Å². The van der Waals surface area contributed by atoms with Gasteiger partial charge in [0.25, 0.3) is 15.9 Å². The number of nitrogens with zero attached hydrogens (tertiary/aromatic N) is 3. The van der Waals surface area contributed by atoms with Gasteiger partial charge in [-0.1, -0.05) is 11.6 Å². The van der Waals surface area contributed by atoms with Crippen molar-refractivity contribution in [1.82, 2.24) is 4.98 Å². The van der Waals surface area contributed by atoms with Crippen molar-refractivity contribution >= 4 is 61.2 Å². The van der Waals surface area contributed by atoms with Crippen molar-refractivity contribution in [3.63, 3.8) is 0 Å². The van der Waals surface area contributed by atoms with Gasteiger partial charge in [-0.05, 0) is 55.5 Å². The summed E-state index contributed by atoms with van der Waals surface area (Å²) in [7, 11) is -3.80. The maximum atomic E-state index is 12.4. The topological polar surface area (TPSA) is 130 Å². The van der Waals surface area contributed by atoms with Gasteiger partial charge in [-0.15, -0.1) is 11.3 Å². The number of hydrogen-bond acceptors (Lipinski definition) is 8. The number of rotatable bonds is 8. The van der Waals surface area contributed by atoms with Crippen molar-refractivity contribution in [2.75, 3.05) is 10.0 Å². The molecule has 1 heterocycles. The van der Waals surface area contributed by atoms with Gasteiger partial charge in [0.2, 0.25) is 6.04 Å². The van der Waals surface area contributed by atoms with Gasteiger partial charge in [0.05, 0.1) is 10.6 Å². The molecular weight excluding hydrogens is 462 g/mol. The second-order valence-electron chi connectivity index (χ2n) is 6.16. The maximum Gasteiger partial charge on any atom is 0.263 e. The smallest absolute Gasteiger partial charge is 0.263 e. The lowest BCUT2D eigenvalue weighted by Crippen LogP contribution is -2.31. The molecule has 2 aromatic carbocycles. The Morgan fingerprint density at radius 1 is 1.10 bits per heavy atom. The predicted octanol–water partition coefficient (Wildman–Crippen LogP) is 4.28. The molecule has 0 fully saturated rings. The summed E-state index contributed by atoms with van der Waals surface area (Å²) in [6.45, 7) is 1.23. The van der Waals surface area contributed by atoms with Gasteiger partial charge in [-0.2, -0.15) is 10.2 Å². The van der Waals surface area contributed by atoms with E-state index in [2.05, 4.69) is 25.3 Å². The third-order valence-electron chi connectivity index (χ3n) is 3.83. The summed E-state index contributed by atoms with van der Waals surface area (Å²) >= 11 is 6.96. The monoisotopic (exact) mass is 477 g/mol. The normalized spacial score (nSPS) is 12.5. The molecule has 1 aromatic heterocycles. The van der Waals surface area contributed by atoms with E-state index in [4.69, 9.17) is 11.6 Å². The number of amides is 1. The first-order valence-electron chi connectivity index (χ1n) is 8.75. The number of ketones is 1. The van der Waals surface area contributed by atoms with Crippen molar-refractivity contribution < 1.29 is 18.0 Å². The van der Waals surface area contributed by atoms with Crippen LogP contribution in [0, 0.1) is 0 Å². The lowest BCUT2D eigenvalue weighted by atomic mass is 10.2. The molecular formula is C19H16ClN5O4S2. The lowest BCUT2D eigenvalue weighted by molar-refractivity contribution is -0.126. The van der Waals surface area contributed by atoms with Crippen LogP contribution in [0.15, 0.2) is 75.2 Å². The van der Waals surface area contributed by atoms with Crippen LogP contribution in [-0.4, -0.2) is 31.1 Å². The Bertz CT molecular complexity index is 1200. The fourth-order valence-corrected chi connectivity index (χ4v) is 4.24. The van der Waals surface area contributed by atoms with Crippen LogP contribution in [0.1, 0.15) is 6.92 Å². The predicted molar refractivity (Wildman–Crippen MR) is 118 cm³/mol. The maximum absolute atomic E-state index is 12.4. The standard InChI is InChI=1S/C19H16ClN5O4S2/c1-12(26)17(18(27)22-14-4-2-13(20)3-5-14)24-23-15-6-8-16(9-7-15)31(28,29)25-19-21-10-11-30-19/h2-11,17H,1H3,(H,21,25)(H,22,27)/t17-/m1/s1. The highest BCUT2D eigenvalue weighted by Gasteiger charge is 2.23. The molecule has 160 valence electrons. The van der Waals surface area contributed by atoms with Gasteiger partial charge in [0.1, 0.15) is 0 Å². The van der Waals surface area contributed by atoms with Gasteiger partial charge in [-0.25, -0.2) is 13.4 Å². The van der Waals surface area contributed by atoms with E-state index in [1.807, 2.05) is 0 Å². The second-order valence-corrected chi connectivity index (χ2v) is 9.17. The Morgan fingerprint density at radius 3 is 2.35 bits per heavy atom. The Labute approximate surface area is 187 Å². The molecule has 0 saturated heterocycles. The molecule has 0 aliphatic carbocycles. The Morgan fingerprint density at radius 2 is 1.77 bits per heavy atom. The Kier molecular flexibility index (Phi) is 7.10. The largest absolute Gasteiger partial charge is 0.324 e. The molecule has 0 saturated carbocycles. The van der Waals surface area contributed by atoms with Crippen LogP contribution in [0.4, 0.5) is 16.5 Å². The molecule has 0 radical (unpaired) electrons. The number of halogens is 1. The summed E-state index contributed by atoms with van der Waals surface area (Å²) in [5.41, 5.74) is 0.733. The number of thiazole rings is 1. The van der Waals surface area contributed by atoms with Gasteiger partial charge in [-0.3, -0.25) is 14.3 Å². The number of azo groups is 1. The number of nitrogens with one attached hydrogen (secondary N) is 2. The average Bonchev–Trinajstić information content (AvgIpc) is 3.22. The minimum atomic E-state index is -3.80. The van der Waals surface area contributed by atoms with E-state index in [1.165, 1.54) is 37.4 Å². The molecule has 31 heavy (non-hydrogen) atoms. The Balaban J connectivity index is 1.70. The van der Waals surface area contributed by atoms with Gasteiger partial charge in [0, 0.05) is 22.3 Å². The number of carbonyl (C=O) groups is 2. The summed E-state index contributed by atoms with van der Waals surface area (Å²) in [5, 5.41) is 12.7. The summed E-state index contributed by atoms with van der Waals surface area (Å²) in [6.07, 6.45) is 1.49. The van der Waals surface area contributed by atoms with E-state index in [9.17, 15) is 18.0 Å². The zero-order chi connectivity index (χ0) is 22.4. The summed E-state index contributed by atoms with van der Waals surface area (Å²) in [5.74, 6) is -1.15. The van der Waals surface area contributed by atoms with Crippen molar-refractivity contribution in [3.8, 4) is 0 Å². The average molecular weight is 478 g/mol. The highest BCUT2D eigenvalue weighted by molar-refractivity contribution is 7.93. The lowest BCUT2D eigenvalue weighted by Gasteiger charge is -2.09. The molecule has 0 aliphatic heterocycles. The minimum absolute atomic E-state index is 0.00486. The fourth-order valence-electron chi connectivity index (χ4n) is 2.33. The molecule has 3 rings (SSSR count). The molecule has 9 nitrogen and oxygen atoms in total. The van der Waals surface area contributed by atoms with E-state index >= 15 is 0 Å². The summed E-state index contributed by atoms with van der Waals surface area (Å²) in [6, 6.07) is 10.5. The summed E-state index contributed by atoms with van der Waals surface area (Å²) < 4.78 is 27.1. The Hall–Kier alpha value is -3.15. The zero-order valence-corrected chi connectivity index (χ0v) is 18.4. The quantitative estimate of drug-likeness (QED) is 0.369. The van der Waals surface area contributed by atoms with Crippen molar-refractivity contribution in [2.24, 2.45) is 10.2 Å². The van der Waals surface area contributed by atoms with Gasteiger partial charge >= 0.3 is 0 Å². The van der Waals surface area contributed by atoms with Crippen LogP contribution in [0.3, 0.4) is 0 Å². The first-order valence-corrected chi connectivity index (χ1v) is 11.5. The van der Waals surface area contributed by atoms with E-state index in [0.717, 1.165) is 11.3 Å². The number of hydrogen-bond donors (Lipinski definition) is 2. The third kappa shape index (κ3) is 6.17. The number of anilines is 2. The number of sulfonamides is 1. The highest BCUT2D eigenvalue weighted by Crippen LogP contribution is 2.21. The molecule has 0 spiro atoms. The molecule has 1 atom stereocenters. The molecule has 0 unspecified atom stereocenters. The highest BCUT2D eigenvalue weighted by atomic mass is 35.5. The number of carbonyl (C=O) groups excluding carboxylic acids is 2. The number of aromatic nitrogens is 1. The van der Waals surface area contributed by atoms with Crippen LogP contribution >= 0.6 is 22.9 Å². The first-order chi connectivity index (χ1) is 14.7. The van der Waals surface area contributed by atoms with Crippen molar-refractivity contribution in [1.29, 1.82) is 0 Å². The first kappa shape index (κ1) is 22.5. The van der Waals surface area contributed by atoms with Crippen LogP contribution in [0.25, 0.3) is 0 Å². The van der Waals surface area contributed by atoms with E-state index in [0.29, 0.717) is 10.7 Å². The van der Waals surface area contributed by atoms with Crippen LogP contribution in [0.5, 0.6) is 0 Å². The number of benzene rings is 2. The molecule has 0 bridgehead atoms. The van der Waals surface area contributed by atoms with Crippen molar-refractivity contribution in [3.05, 3.63) is 65.1 Å². The van der Waals surface area contributed by atoms with Gasteiger partial charge in [0.15, 0.2) is 10.9 Å². The van der Waals surface area contributed by atoms with Crippen LogP contribution in [-0.2, 0) is 19.6 Å². The molecule has 0 aliphatic rings. The zero-order valence-electron chi connectivity index (χ0n) is 16.0. The van der Waals surface area contributed by atoms with Gasteiger partial charge < -0.3 is 5.32 Å². The molecule has 12 heteroatoms. The summed E-state index contributed by atoms with van der Waals surface area (Å²) in [4.78, 5) is 28.1. The third-order valence-corrected chi connectivity index (χ3v) is 6.26.